The number of carbonyl (C=O) groups is 1. The van der Waals surface area contributed by atoms with Gasteiger partial charge in [0.1, 0.15) is 11.5 Å². The zero-order valence-corrected chi connectivity index (χ0v) is 22.6. The zero-order chi connectivity index (χ0) is 27.8. The summed E-state index contributed by atoms with van der Waals surface area (Å²) < 4.78 is 12.9. The number of methoxy groups -OCH3 is 1. The van der Waals surface area contributed by atoms with Crippen molar-refractivity contribution >= 4 is 29.1 Å². The van der Waals surface area contributed by atoms with Crippen LogP contribution in [0.25, 0.3) is 17.4 Å². The third-order valence-electron chi connectivity index (χ3n) is 6.74. The monoisotopic (exact) mass is 543 g/mol. The summed E-state index contributed by atoms with van der Waals surface area (Å²) in [6.45, 7) is 5.59. The lowest BCUT2D eigenvalue weighted by Crippen LogP contribution is -2.40. The molecular formula is C29H25N3O6S. The number of carbonyl (C=O) groups excluding carboxylic acids is 1. The Balaban J connectivity index is 1.66. The van der Waals surface area contributed by atoms with E-state index < -0.39 is 16.9 Å². The molecule has 9 nitrogen and oxygen atoms in total. The van der Waals surface area contributed by atoms with Gasteiger partial charge in [0.2, 0.25) is 0 Å². The Bertz CT molecular complexity index is 1830. The first-order valence-electron chi connectivity index (χ1n) is 12.3. The van der Waals surface area contributed by atoms with Gasteiger partial charge in [-0.3, -0.25) is 19.5 Å². The van der Waals surface area contributed by atoms with Crippen LogP contribution in [0, 0.1) is 24.0 Å². The van der Waals surface area contributed by atoms with Crippen LogP contribution in [0.5, 0.6) is 0 Å². The number of nitro benzene ring substituents is 1. The highest BCUT2D eigenvalue weighted by Gasteiger charge is 2.33. The molecule has 0 aliphatic carbocycles. The molecule has 4 aromatic rings. The standard InChI is InChI=1S/C29H25N3O6S/c1-5-21-25(28(34)37-4)26(18-9-7-6-8-10-18)31-27(33)24(39-29(31)30-21)15-19-11-12-23(38-19)20-13-16(2)17(3)14-22(20)32(35)36/h6-15,26H,5H2,1-4H3/b24-15-/t26-/m1/s1. The summed E-state index contributed by atoms with van der Waals surface area (Å²) in [5.74, 6) is 0.151. The second-order valence-corrected chi connectivity index (χ2v) is 10.1. The quantitative estimate of drug-likeness (QED) is 0.200. The molecule has 0 amide bonds. The lowest BCUT2D eigenvalue weighted by atomic mass is 9.95. The van der Waals surface area contributed by atoms with Gasteiger partial charge in [0.25, 0.3) is 11.2 Å². The van der Waals surface area contributed by atoms with E-state index in [4.69, 9.17) is 9.15 Å². The van der Waals surface area contributed by atoms with Crippen molar-refractivity contribution in [2.75, 3.05) is 7.11 Å². The fraction of sp³-hybridized carbons (Fsp3) is 0.207. The van der Waals surface area contributed by atoms with Crippen molar-refractivity contribution in [3.63, 3.8) is 0 Å². The van der Waals surface area contributed by atoms with E-state index in [9.17, 15) is 19.7 Å². The highest BCUT2D eigenvalue weighted by atomic mass is 32.1. The van der Waals surface area contributed by atoms with E-state index in [-0.39, 0.29) is 11.2 Å². The normalized spacial score (nSPS) is 15.2. The number of nitrogens with zero attached hydrogens (tertiary/aromatic N) is 3. The second kappa shape index (κ2) is 10.3. The highest BCUT2D eigenvalue weighted by Crippen LogP contribution is 2.34. The molecule has 3 heterocycles. The lowest BCUT2D eigenvalue weighted by molar-refractivity contribution is -0.384. The molecule has 0 N–H and O–H groups in total. The van der Waals surface area contributed by atoms with E-state index in [0.717, 1.165) is 16.7 Å². The maximum absolute atomic E-state index is 13.7. The number of thiazole rings is 1. The van der Waals surface area contributed by atoms with Gasteiger partial charge in [-0.05, 0) is 55.2 Å². The van der Waals surface area contributed by atoms with Gasteiger partial charge in [0, 0.05) is 12.1 Å². The molecule has 2 aromatic carbocycles. The number of hydrogen-bond acceptors (Lipinski definition) is 8. The van der Waals surface area contributed by atoms with Crippen molar-refractivity contribution in [3.05, 3.63) is 118 Å². The lowest BCUT2D eigenvalue weighted by Gasteiger charge is -2.25. The number of allylic oxidation sites excluding steroid dienone is 1. The molecule has 2 aromatic heterocycles. The number of aryl methyl sites for hydroxylation is 2. The number of esters is 1. The average Bonchev–Trinajstić information content (AvgIpc) is 3.53. The van der Waals surface area contributed by atoms with E-state index in [1.165, 1.54) is 29.1 Å². The minimum Gasteiger partial charge on any atom is -0.466 e. The molecule has 1 aliphatic rings. The third-order valence-corrected chi connectivity index (χ3v) is 7.72. The summed E-state index contributed by atoms with van der Waals surface area (Å²) in [6, 6.07) is 15.2. The molecule has 0 radical (unpaired) electrons. The smallest absolute Gasteiger partial charge is 0.338 e. The van der Waals surface area contributed by atoms with Gasteiger partial charge < -0.3 is 9.15 Å². The average molecular weight is 544 g/mol. The summed E-state index contributed by atoms with van der Waals surface area (Å²) in [5.41, 5.74) is 3.33. The van der Waals surface area contributed by atoms with Crippen LogP contribution in [-0.2, 0) is 9.53 Å². The fourth-order valence-corrected chi connectivity index (χ4v) is 5.67. The number of rotatable bonds is 6. The van der Waals surface area contributed by atoms with Crippen LogP contribution >= 0.6 is 11.3 Å². The Morgan fingerprint density at radius 2 is 1.90 bits per heavy atom. The van der Waals surface area contributed by atoms with Crippen molar-refractivity contribution in [1.82, 2.24) is 4.57 Å². The maximum atomic E-state index is 13.7. The number of benzene rings is 2. The predicted octanol–water partition coefficient (Wildman–Crippen LogP) is 4.58. The molecule has 5 rings (SSSR count). The van der Waals surface area contributed by atoms with Crippen LogP contribution in [0.1, 0.15) is 41.8 Å². The second-order valence-electron chi connectivity index (χ2n) is 9.11. The van der Waals surface area contributed by atoms with Crippen molar-refractivity contribution in [3.8, 4) is 11.3 Å². The van der Waals surface area contributed by atoms with E-state index in [1.807, 2.05) is 51.1 Å². The van der Waals surface area contributed by atoms with Crippen LogP contribution in [0.4, 0.5) is 5.69 Å². The molecule has 0 spiro atoms. The minimum atomic E-state index is -0.697. The number of hydrogen-bond donors (Lipinski definition) is 0. The van der Waals surface area contributed by atoms with Crippen LogP contribution < -0.4 is 14.9 Å². The fourth-order valence-electron chi connectivity index (χ4n) is 4.67. The molecular weight excluding hydrogens is 518 g/mol. The largest absolute Gasteiger partial charge is 0.466 e. The first-order valence-corrected chi connectivity index (χ1v) is 13.1. The van der Waals surface area contributed by atoms with E-state index >= 15 is 0 Å². The van der Waals surface area contributed by atoms with Gasteiger partial charge in [-0.15, -0.1) is 0 Å². The number of ether oxygens (including phenoxy) is 1. The van der Waals surface area contributed by atoms with Crippen LogP contribution in [0.3, 0.4) is 0 Å². The number of aromatic nitrogens is 1. The molecule has 39 heavy (non-hydrogen) atoms. The summed E-state index contributed by atoms with van der Waals surface area (Å²) in [6.07, 6.45) is 2.07. The number of nitro groups is 1. The predicted molar refractivity (Wildman–Crippen MR) is 147 cm³/mol. The van der Waals surface area contributed by atoms with Crippen molar-refractivity contribution in [2.24, 2.45) is 4.99 Å². The number of fused-ring (bicyclic) bond motifs is 1. The molecule has 0 bridgehead atoms. The summed E-state index contributed by atoms with van der Waals surface area (Å²) >= 11 is 1.19. The van der Waals surface area contributed by atoms with Crippen LogP contribution in [0.2, 0.25) is 0 Å². The SMILES string of the molecule is CCC1=C(C(=O)OC)[C@@H](c2ccccc2)n2c(s/c(=C\c3ccc(-c4cc(C)c(C)cc4[N+](=O)[O-])o3)c2=O)=N1. The highest BCUT2D eigenvalue weighted by molar-refractivity contribution is 7.07. The molecule has 1 aliphatic heterocycles. The summed E-state index contributed by atoms with van der Waals surface area (Å²) in [4.78, 5) is 43.0. The maximum Gasteiger partial charge on any atom is 0.338 e. The van der Waals surface area contributed by atoms with Gasteiger partial charge in [-0.1, -0.05) is 48.6 Å². The molecule has 0 saturated heterocycles. The Morgan fingerprint density at radius 1 is 1.18 bits per heavy atom. The first kappa shape index (κ1) is 26.1. The van der Waals surface area contributed by atoms with E-state index in [2.05, 4.69) is 4.99 Å². The van der Waals surface area contributed by atoms with Gasteiger partial charge in [-0.25, -0.2) is 9.79 Å². The summed E-state index contributed by atoms with van der Waals surface area (Å²) in [5, 5.41) is 11.7. The molecule has 1 atom stereocenters. The van der Waals surface area contributed by atoms with Gasteiger partial charge in [-0.2, -0.15) is 0 Å². The van der Waals surface area contributed by atoms with Crippen LogP contribution in [0.15, 0.2) is 80.1 Å². The summed E-state index contributed by atoms with van der Waals surface area (Å²) in [7, 11) is 1.31. The Labute approximate surface area is 227 Å². The molecule has 0 fully saturated rings. The molecule has 198 valence electrons. The number of furan rings is 1. The molecule has 0 saturated carbocycles. The molecule has 10 heteroatoms. The minimum absolute atomic E-state index is 0.0522. The van der Waals surface area contributed by atoms with Crippen molar-refractivity contribution < 1.29 is 18.9 Å². The van der Waals surface area contributed by atoms with Gasteiger partial charge >= 0.3 is 5.97 Å². The van der Waals surface area contributed by atoms with E-state index in [1.54, 1.807) is 24.3 Å². The van der Waals surface area contributed by atoms with Crippen LogP contribution in [-0.4, -0.2) is 22.6 Å². The van der Waals surface area contributed by atoms with Gasteiger partial charge in [0.05, 0.1) is 39.4 Å². The molecule has 0 unspecified atom stereocenters. The van der Waals surface area contributed by atoms with E-state index in [0.29, 0.717) is 44.1 Å². The Kier molecular flexibility index (Phi) is 6.88. The first-order chi connectivity index (χ1) is 18.7. The topological polar surface area (TPSA) is 117 Å². The zero-order valence-electron chi connectivity index (χ0n) is 21.8. The Morgan fingerprint density at radius 3 is 2.56 bits per heavy atom. The van der Waals surface area contributed by atoms with Crippen molar-refractivity contribution in [1.29, 1.82) is 0 Å². The van der Waals surface area contributed by atoms with Crippen molar-refractivity contribution in [2.45, 2.75) is 33.2 Å². The Hall–Kier alpha value is -4.57. The third kappa shape index (κ3) is 4.63. The van der Waals surface area contributed by atoms with Gasteiger partial charge in [0.15, 0.2) is 4.80 Å².